The first kappa shape index (κ1) is 19.5. The van der Waals surface area contributed by atoms with Gasteiger partial charge in [-0.05, 0) is 31.0 Å². The maximum Gasteiger partial charge on any atom is 0.414 e. The molecule has 2 aromatic heterocycles. The van der Waals surface area contributed by atoms with Crippen LogP contribution in [0.4, 0.5) is 9.80 Å². The SMILES string of the molecule is CCOC(=O)NC(=O)c1c(NC(=O)c2nc3ccccc3s2)sc2c1CCOC2. The number of aromatic nitrogens is 1. The number of fused-ring (bicyclic) bond motifs is 2. The molecule has 8 nitrogen and oxygen atoms in total. The lowest BCUT2D eigenvalue weighted by Crippen LogP contribution is -2.32. The molecule has 1 aromatic carbocycles. The molecule has 0 saturated heterocycles. The number of carbonyl (C=O) groups is 3. The van der Waals surface area contributed by atoms with Crippen LogP contribution in [0.25, 0.3) is 10.2 Å². The summed E-state index contributed by atoms with van der Waals surface area (Å²) in [5.74, 6) is -1.02. The zero-order valence-corrected chi connectivity index (χ0v) is 17.1. The van der Waals surface area contributed by atoms with E-state index < -0.39 is 17.9 Å². The number of benzene rings is 1. The van der Waals surface area contributed by atoms with Crippen molar-refractivity contribution in [2.75, 3.05) is 18.5 Å². The molecule has 2 N–H and O–H groups in total. The van der Waals surface area contributed by atoms with E-state index in [0.717, 1.165) is 20.7 Å². The minimum absolute atomic E-state index is 0.149. The van der Waals surface area contributed by atoms with E-state index in [1.807, 2.05) is 24.3 Å². The summed E-state index contributed by atoms with van der Waals surface area (Å²) in [5, 5.41) is 5.66. The number of carbonyl (C=O) groups excluding carboxylic acids is 3. The van der Waals surface area contributed by atoms with Crippen molar-refractivity contribution in [1.82, 2.24) is 10.3 Å². The molecule has 3 amide bonds. The van der Waals surface area contributed by atoms with E-state index in [0.29, 0.717) is 29.6 Å². The zero-order valence-electron chi connectivity index (χ0n) is 15.4. The Morgan fingerprint density at radius 1 is 1.21 bits per heavy atom. The second-order valence-corrected chi connectivity index (χ2v) is 8.26. The van der Waals surface area contributed by atoms with Crippen molar-refractivity contribution in [2.24, 2.45) is 0 Å². The quantitative estimate of drug-likeness (QED) is 0.654. The van der Waals surface area contributed by atoms with Crippen molar-refractivity contribution in [3.63, 3.8) is 0 Å². The first-order valence-electron chi connectivity index (χ1n) is 8.94. The van der Waals surface area contributed by atoms with E-state index in [-0.39, 0.29) is 12.2 Å². The molecule has 0 bridgehead atoms. The highest BCUT2D eigenvalue weighted by Gasteiger charge is 2.28. The summed E-state index contributed by atoms with van der Waals surface area (Å²) in [6.45, 7) is 2.62. The Hall–Kier alpha value is -2.82. The topological polar surface area (TPSA) is 107 Å². The average Bonchev–Trinajstić information content (AvgIpc) is 3.29. The van der Waals surface area contributed by atoms with Gasteiger partial charge in [-0.3, -0.25) is 14.9 Å². The van der Waals surface area contributed by atoms with E-state index in [2.05, 4.69) is 15.6 Å². The molecule has 0 atom stereocenters. The lowest BCUT2D eigenvalue weighted by atomic mass is 10.1. The van der Waals surface area contributed by atoms with E-state index in [1.54, 1.807) is 6.92 Å². The van der Waals surface area contributed by atoms with Gasteiger partial charge in [0.25, 0.3) is 11.8 Å². The highest BCUT2D eigenvalue weighted by atomic mass is 32.1. The number of hydrogen-bond acceptors (Lipinski definition) is 8. The first-order chi connectivity index (χ1) is 14.1. The fourth-order valence-corrected chi connectivity index (χ4v) is 5.05. The highest BCUT2D eigenvalue weighted by Crippen LogP contribution is 2.37. The Bertz CT molecular complexity index is 1070. The first-order valence-corrected chi connectivity index (χ1v) is 10.6. The van der Waals surface area contributed by atoms with Crippen LogP contribution in [0.15, 0.2) is 24.3 Å². The van der Waals surface area contributed by atoms with Crippen molar-refractivity contribution in [2.45, 2.75) is 20.0 Å². The predicted molar refractivity (Wildman–Crippen MR) is 110 cm³/mol. The Morgan fingerprint density at radius 3 is 2.83 bits per heavy atom. The number of para-hydroxylation sites is 1. The molecule has 150 valence electrons. The summed E-state index contributed by atoms with van der Waals surface area (Å²) in [6, 6.07) is 7.47. The molecule has 3 aromatic rings. The zero-order chi connectivity index (χ0) is 20.4. The van der Waals surface area contributed by atoms with Crippen molar-refractivity contribution >= 4 is 55.8 Å². The molecule has 0 saturated carbocycles. The summed E-state index contributed by atoms with van der Waals surface area (Å²) < 4.78 is 11.1. The fourth-order valence-electron chi connectivity index (χ4n) is 3.01. The number of ether oxygens (including phenoxy) is 2. The highest BCUT2D eigenvalue weighted by molar-refractivity contribution is 7.20. The minimum Gasteiger partial charge on any atom is -0.450 e. The third-order valence-electron chi connectivity index (χ3n) is 4.25. The monoisotopic (exact) mass is 431 g/mol. The Morgan fingerprint density at radius 2 is 2.03 bits per heavy atom. The molecule has 1 aliphatic rings. The second-order valence-electron chi connectivity index (χ2n) is 6.13. The van der Waals surface area contributed by atoms with Crippen LogP contribution in [0.3, 0.4) is 0 Å². The number of thiazole rings is 1. The minimum atomic E-state index is -0.826. The molecule has 1 aliphatic heterocycles. The standard InChI is InChI=1S/C19H17N3O5S2/c1-2-27-19(25)22-15(23)14-10-7-8-26-9-13(10)29-17(14)21-16(24)18-20-11-5-3-4-6-12(11)28-18/h3-6H,2,7-9H2,1H3,(H,21,24)(H,22,23,25). The second kappa shape index (κ2) is 8.27. The van der Waals surface area contributed by atoms with Gasteiger partial charge in [0.15, 0.2) is 5.01 Å². The summed E-state index contributed by atoms with van der Waals surface area (Å²) >= 11 is 2.54. The van der Waals surface area contributed by atoms with Gasteiger partial charge in [-0.25, -0.2) is 9.78 Å². The molecule has 0 aliphatic carbocycles. The van der Waals surface area contributed by atoms with Crippen molar-refractivity contribution in [3.05, 3.63) is 45.3 Å². The molecule has 29 heavy (non-hydrogen) atoms. The lowest BCUT2D eigenvalue weighted by Gasteiger charge is -2.13. The maximum atomic E-state index is 12.8. The van der Waals surface area contributed by atoms with Crippen LogP contribution in [0, 0.1) is 0 Å². The van der Waals surface area contributed by atoms with Crippen LogP contribution >= 0.6 is 22.7 Å². The molecule has 0 fully saturated rings. The number of hydrogen-bond donors (Lipinski definition) is 2. The van der Waals surface area contributed by atoms with Gasteiger partial charge in [0.05, 0.1) is 35.6 Å². The molecule has 10 heteroatoms. The fraction of sp³-hybridized carbons (Fsp3) is 0.263. The molecule has 3 heterocycles. The largest absolute Gasteiger partial charge is 0.450 e. The third kappa shape index (κ3) is 4.00. The smallest absolute Gasteiger partial charge is 0.414 e. The number of alkyl carbamates (subject to hydrolysis) is 1. The Kier molecular flexibility index (Phi) is 5.56. The average molecular weight is 431 g/mol. The van der Waals surface area contributed by atoms with Crippen molar-refractivity contribution < 1.29 is 23.9 Å². The van der Waals surface area contributed by atoms with Crippen molar-refractivity contribution in [1.29, 1.82) is 0 Å². The van der Waals surface area contributed by atoms with Gasteiger partial charge in [0.1, 0.15) is 5.00 Å². The molecule has 0 spiro atoms. The van der Waals surface area contributed by atoms with Crippen molar-refractivity contribution in [3.8, 4) is 0 Å². The van der Waals surface area contributed by atoms with Gasteiger partial charge >= 0.3 is 6.09 Å². The number of rotatable bonds is 4. The molecule has 0 radical (unpaired) electrons. The molecule has 4 rings (SSSR count). The van der Waals surface area contributed by atoms with E-state index >= 15 is 0 Å². The summed E-state index contributed by atoms with van der Waals surface area (Å²) in [4.78, 5) is 42.4. The lowest BCUT2D eigenvalue weighted by molar-refractivity contribution is 0.0919. The van der Waals surface area contributed by atoms with E-state index in [9.17, 15) is 14.4 Å². The van der Waals surface area contributed by atoms with Gasteiger partial charge in [0.2, 0.25) is 0 Å². The normalized spacial score (nSPS) is 13.0. The molecular formula is C19H17N3O5S2. The third-order valence-corrected chi connectivity index (χ3v) is 6.41. The summed E-state index contributed by atoms with van der Waals surface area (Å²) in [5.41, 5.74) is 1.79. The van der Waals surface area contributed by atoms with Crippen LogP contribution < -0.4 is 10.6 Å². The number of nitrogens with one attached hydrogen (secondary N) is 2. The Balaban J connectivity index is 1.63. The van der Waals surface area contributed by atoms with Gasteiger partial charge in [-0.2, -0.15) is 0 Å². The van der Waals surface area contributed by atoms with Crippen LogP contribution in [0.1, 0.15) is 37.5 Å². The number of amides is 3. The van der Waals surface area contributed by atoms with Crippen LogP contribution in [-0.4, -0.2) is 36.1 Å². The molecule has 0 unspecified atom stereocenters. The molecular weight excluding hydrogens is 414 g/mol. The van der Waals surface area contributed by atoms with Crippen LogP contribution in [0.5, 0.6) is 0 Å². The Labute approximate surface area is 173 Å². The number of anilines is 1. The van der Waals surface area contributed by atoms with Crippen LogP contribution in [0.2, 0.25) is 0 Å². The van der Waals surface area contributed by atoms with Gasteiger partial charge in [-0.1, -0.05) is 12.1 Å². The van der Waals surface area contributed by atoms with Gasteiger partial charge in [-0.15, -0.1) is 22.7 Å². The summed E-state index contributed by atoms with van der Waals surface area (Å²) in [7, 11) is 0. The maximum absolute atomic E-state index is 12.8. The van der Waals surface area contributed by atoms with Gasteiger partial charge in [0, 0.05) is 4.88 Å². The summed E-state index contributed by atoms with van der Waals surface area (Å²) in [6.07, 6.45) is -0.304. The number of thiophene rings is 1. The number of nitrogens with zero attached hydrogens (tertiary/aromatic N) is 1. The van der Waals surface area contributed by atoms with E-state index in [4.69, 9.17) is 9.47 Å². The van der Waals surface area contributed by atoms with E-state index in [1.165, 1.54) is 22.7 Å². The number of imide groups is 1. The van der Waals surface area contributed by atoms with Gasteiger partial charge < -0.3 is 14.8 Å². The van der Waals surface area contributed by atoms with Crippen LogP contribution in [-0.2, 0) is 22.5 Å². The predicted octanol–water partition coefficient (Wildman–Crippen LogP) is 3.57.